The highest BCUT2D eigenvalue weighted by molar-refractivity contribution is 5.84. The summed E-state index contributed by atoms with van der Waals surface area (Å²) in [7, 11) is 0. The molecule has 0 atom stereocenters. The lowest BCUT2D eigenvalue weighted by Crippen LogP contribution is -2.00. The highest BCUT2D eigenvalue weighted by Gasteiger charge is 2.11. The molecule has 0 aliphatic rings. The maximum absolute atomic E-state index is 14.6. The monoisotopic (exact) mass is 460 g/mol. The second-order valence-electron chi connectivity index (χ2n) is 7.74. The molecule has 4 rings (SSSR count). The Morgan fingerprint density at radius 3 is 2.21 bits per heavy atom. The first-order valence-electron chi connectivity index (χ1n) is 10.6. The van der Waals surface area contributed by atoms with Crippen molar-refractivity contribution in [2.24, 2.45) is 0 Å². The highest BCUT2D eigenvalue weighted by atomic mass is 19.1. The second kappa shape index (κ2) is 10.3. The van der Waals surface area contributed by atoms with E-state index in [2.05, 4.69) is 18.4 Å². The van der Waals surface area contributed by atoms with Crippen LogP contribution in [-0.4, -0.2) is 6.61 Å². The first-order chi connectivity index (χ1) is 16.4. The summed E-state index contributed by atoms with van der Waals surface area (Å²) in [5, 5.41) is 1.49. The molecule has 0 saturated carbocycles. The molecule has 0 aliphatic carbocycles. The van der Waals surface area contributed by atoms with E-state index >= 15 is 0 Å². The van der Waals surface area contributed by atoms with Gasteiger partial charge in [-0.25, -0.2) is 17.6 Å². The van der Waals surface area contributed by atoms with Crippen LogP contribution in [-0.2, 0) is 12.8 Å². The van der Waals surface area contributed by atoms with Crippen LogP contribution in [0.15, 0.2) is 79.4 Å². The first-order valence-corrected chi connectivity index (χ1v) is 10.6. The number of hydrogen-bond donors (Lipinski definition) is 0. The van der Waals surface area contributed by atoms with E-state index in [-0.39, 0.29) is 30.8 Å². The Morgan fingerprint density at radius 1 is 0.735 bits per heavy atom. The van der Waals surface area contributed by atoms with Gasteiger partial charge < -0.3 is 4.74 Å². The van der Waals surface area contributed by atoms with Gasteiger partial charge in [-0.05, 0) is 77.2 Å². The number of ether oxygens (including phenoxy) is 1. The quantitative estimate of drug-likeness (QED) is 0.169. The molecule has 0 fully saturated rings. The summed E-state index contributed by atoms with van der Waals surface area (Å²) in [4.78, 5) is 0. The van der Waals surface area contributed by atoms with Crippen molar-refractivity contribution in [2.75, 3.05) is 6.61 Å². The number of fused-ring (bicyclic) bond motifs is 1. The zero-order valence-corrected chi connectivity index (χ0v) is 18.2. The summed E-state index contributed by atoms with van der Waals surface area (Å²) in [6.07, 6.45) is 2.09. The van der Waals surface area contributed by atoms with E-state index < -0.39 is 17.5 Å². The van der Waals surface area contributed by atoms with Gasteiger partial charge >= 0.3 is 0 Å². The molecule has 0 radical (unpaired) electrons. The van der Waals surface area contributed by atoms with Gasteiger partial charge in [-0.3, -0.25) is 0 Å². The van der Waals surface area contributed by atoms with Gasteiger partial charge in [0.2, 0.25) is 0 Å². The van der Waals surface area contributed by atoms with Crippen molar-refractivity contribution in [1.82, 2.24) is 0 Å². The summed E-state index contributed by atoms with van der Waals surface area (Å²) in [6.45, 7) is 3.81. The standard InChI is InChI=1S/C29H20F4O/c1-2-13-34-25-11-9-21(27(31)18-25)6-4-20-15-28(32)26(29(33)16-20)12-5-19-3-7-23-17-24(30)10-8-22(23)14-19/h2-3,7-11,14-18H,1,4,6,13H2. The molecule has 4 aromatic carbocycles. The summed E-state index contributed by atoms with van der Waals surface area (Å²) in [6, 6.07) is 16.4. The second-order valence-corrected chi connectivity index (χ2v) is 7.74. The minimum Gasteiger partial charge on any atom is -0.489 e. The van der Waals surface area contributed by atoms with Crippen LogP contribution in [0.3, 0.4) is 0 Å². The van der Waals surface area contributed by atoms with Crippen LogP contribution in [0.2, 0.25) is 0 Å². The van der Waals surface area contributed by atoms with Crippen LogP contribution in [0.25, 0.3) is 10.8 Å². The number of aryl methyl sites for hydroxylation is 2. The molecule has 0 bridgehead atoms. The van der Waals surface area contributed by atoms with Gasteiger partial charge in [0, 0.05) is 11.6 Å². The van der Waals surface area contributed by atoms with E-state index in [0.717, 1.165) is 5.39 Å². The molecule has 0 heterocycles. The van der Waals surface area contributed by atoms with Crippen LogP contribution in [0.5, 0.6) is 5.75 Å². The summed E-state index contributed by atoms with van der Waals surface area (Å²) in [5.74, 6) is 3.36. The molecule has 4 aromatic rings. The zero-order chi connectivity index (χ0) is 24.1. The minimum atomic E-state index is -0.779. The molecule has 0 saturated heterocycles. The average molecular weight is 460 g/mol. The number of halogens is 4. The Bertz CT molecular complexity index is 1410. The largest absolute Gasteiger partial charge is 0.489 e. The fraction of sp³-hybridized carbons (Fsp3) is 0.103. The molecule has 34 heavy (non-hydrogen) atoms. The van der Waals surface area contributed by atoms with E-state index in [1.807, 2.05) is 0 Å². The fourth-order valence-electron chi connectivity index (χ4n) is 3.57. The lowest BCUT2D eigenvalue weighted by atomic mass is 10.0. The summed E-state index contributed by atoms with van der Waals surface area (Å²) >= 11 is 0. The molecular formula is C29H20F4O. The molecule has 0 unspecified atom stereocenters. The molecule has 5 heteroatoms. The SMILES string of the molecule is C=CCOc1ccc(CCc2cc(F)c(C#Cc3ccc4cc(F)ccc4c3)c(F)c2)c(F)c1. The number of rotatable bonds is 6. The van der Waals surface area contributed by atoms with Crippen molar-refractivity contribution in [3.63, 3.8) is 0 Å². The fourth-order valence-corrected chi connectivity index (χ4v) is 3.57. The van der Waals surface area contributed by atoms with Crippen molar-refractivity contribution >= 4 is 10.8 Å². The summed E-state index contributed by atoms with van der Waals surface area (Å²) < 4.78 is 62.1. The minimum absolute atomic E-state index is 0.257. The summed E-state index contributed by atoms with van der Waals surface area (Å²) in [5.41, 5.74) is 1.04. The van der Waals surface area contributed by atoms with Crippen molar-refractivity contribution in [1.29, 1.82) is 0 Å². The van der Waals surface area contributed by atoms with Crippen molar-refractivity contribution < 1.29 is 22.3 Å². The lowest BCUT2D eigenvalue weighted by Gasteiger charge is -2.08. The molecular weight excluding hydrogens is 440 g/mol. The molecule has 0 aliphatic heterocycles. The Labute approximate surface area is 195 Å². The van der Waals surface area contributed by atoms with Crippen molar-refractivity contribution in [3.8, 4) is 17.6 Å². The Balaban J connectivity index is 1.49. The van der Waals surface area contributed by atoms with Gasteiger partial charge in [0.1, 0.15) is 35.6 Å². The van der Waals surface area contributed by atoms with Gasteiger partial charge in [-0.15, -0.1) is 0 Å². The van der Waals surface area contributed by atoms with E-state index in [4.69, 9.17) is 4.74 Å². The third-order valence-electron chi connectivity index (χ3n) is 5.31. The Morgan fingerprint density at radius 2 is 1.47 bits per heavy atom. The Kier molecular flexibility index (Phi) is 6.98. The van der Waals surface area contributed by atoms with Crippen LogP contribution >= 0.6 is 0 Å². The smallest absolute Gasteiger partial charge is 0.142 e. The van der Waals surface area contributed by atoms with Gasteiger partial charge in [0.25, 0.3) is 0 Å². The molecule has 0 spiro atoms. The predicted molar refractivity (Wildman–Crippen MR) is 126 cm³/mol. The maximum Gasteiger partial charge on any atom is 0.142 e. The van der Waals surface area contributed by atoms with Gasteiger partial charge in [0.15, 0.2) is 0 Å². The highest BCUT2D eigenvalue weighted by Crippen LogP contribution is 2.21. The van der Waals surface area contributed by atoms with Gasteiger partial charge in [-0.2, -0.15) is 0 Å². The topological polar surface area (TPSA) is 9.23 Å². The van der Waals surface area contributed by atoms with Crippen LogP contribution in [0, 0.1) is 35.1 Å². The number of hydrogen-bond acceptors (Lipinski definition) is 1. The third-order valence-corrected chi connectivity index (χ3v) is 5.31. The average Bonchev–Trinajstić information content (AvgIpc) is 2.81. The van der Waals surface area contributed by atoms with Gasteiger partial charge in [-0.1, -0.05) is 42.7 Å². The lowest BCUT2D eigenvalue weighted by molar-refractivity contribution is 0.360. The van der Waals surface area contributed by atoms with E-state index in [9.17, 15) is 17.6 Å². The van der Waals surface area contributed by atoms with E-state index in [1.54, 1.807) is 42.5 Å². The van der Waals surface area contributed by atoms with Crippen molar-refractivity contribution in [2.45, 2.75) is 12.8 Å². The third kappa shape index (κ3) is 5.47. The van der Waals surface area contributed by atoms with Crippen LogP contribution in [0.1, 0.15) is 22.3 Å². The molecule has 0 N–H and O–H groups in total. The zero-order valence-electron chi connectivity index (χ0n) is 18.2. The first kappa shape index (κ1) is 23.1. The van der Waals surface area contributed by atoms with Crippen LogP contribution < -0.4 is 4.74 Å². The molecule has 0 aromatic heterocycles. The normalized spacial score (nSPS) is 10.6. The Hall–Kier alpha value is -4.04. The molecule has 170 valence electrons. The van der Waals surface area contributed by atoms with E-state index in [1.165, 1.54) is 30.3 Å². The van der Waals surface area contributed by atoms with Gasteiger partial charge in [0.05, 0.1) is 5.56 Å². The molecule has 1 nitrogen and oxygen atoms in total. The predicted octanol–water partition coefficient (Wildman–Crippen LogP) is 7.15. The van der Waals surface area contributed by atoms with Crippen molar-refractivity contribution in [3.05, 3.63) is 125 Å². The molecule has 0 amide bonds. The maximum atomic E-state index is 14.6. The van der Waals surface area contributed by atoms with Crippen LogP contribution in [0.4, 0.5) is 17.6 Å². The number of benzene rings is 4. The van der Waals surface area contributed by atoms with E-state index in [0.29, 0.717) is 27.8 Å².